The molecule has 2 aliphatic rings. The normalized spacial score (nSPS) is 22.5. The fourth-order valence-electron chi connectivity index (χ4n) is 3.69. The number of benzene rings is 1. The third kappa shape index (κ3) is 4.12. The van der Waals surface area contributed by atoms with E-state index in [4.69, 9.17) is 4.74 Å². The predicted molar refractivity (Wildman–Crippen MR) is 89.9 cm³/mol. The number of hydrogen-bond donors (Lipinski definition) is 1. The molecule has 2 saturated heterocycles. The standard InChI is InChI=1S/C17H22BrF3N2O/c18-15-2-1-13(17(19,20)21)11-14(15)16(12-3-9-24-10-4-12)23-7-5-22-6-8-23/h1-2,11-12,16,22H,3-10H2/t16-/m0/s1. The molecule has 0 amide bonds. The molecule has 24 heavy (non-hydrogen) atoms. The third-order valence-electron chi connectivity index (χ3n) is 4.90. The second-order valence-corrected chi connectivity index (χ2v) is 7.27. The van der Waals surface area contributed by atoms with Gasteiger partial charge in [0.25, 0.3) is 0 Å². The Bertz CT molecular complexity index is 537. The molecule has 0 aliphatic carbocycles. The van der Waals surface area contributed by atoms with Crippen molar-refractivity contribution >= 4 is 15.9 Å². The van der Waals surface area contributed by atoms with Gasteiger partial charge in [-0.05, 0) is 42.5 Å². The highest BCUT2D eigenvalue weighted by Gasteiger charge is 2.36. The van der Waals surface area contributed by atoms with Crippen LogP contribution in [0.25, 0.3) is 0 Å². The Balaban J connectivity index is 1.97. The molecule has 1 aromatic carbocycles. The summed E-state index contributed by atoms with van der Waals surface area (Å²) < 4.78 is 45.8. The molecule has 0 saturated carbocycles. The minimum absolute atomic E-state index is 0.00678. The molecule has 134 valence electrons. The molecule has 0 spiro atoms. The van der Waals surface area contributed by atoms with Crippen molar-refractivity contribution in [1.29, 1.82) is 0 Å². The molecule has 1 N–H and O–H groups in total. The fourth-order valence-corrected chi connectivity index (χ4v) is 4.17. The number of alkyl halides is 3. The van der Waals surface area contributed by atoms with Crippen LogP contribution in [0, 0.1) is 5.92 Å². The van der Waals surface area contributed by atoms with Crippen molar-refractivity contribution in [3.05, 3.63) is 33.8 Å². The van der Waals surface area contributed by atoms with Gasteiger partial charge >= 0.3 is 6.18 Å². The molecule has 1 aromatic rings. The fraction of sp³-hybridized carbons (Fsp3) is 0.647. The summed E-state index contributed by atoms with van der Waals surface area (Å²) >= 11 is 3.49. The zero-order valence-electron chi connectivity index (χ0n) is 13.4. The van der Waals surface area contributed by atoms with Crippen LogP contribution in [0.4, 0.5) is 13.2 Å². The molecular formula is C17H22BrF3N2O. The van der Waals surface area contributed by atoms with E-state index >= 15 is 0 Å². The van der Waals surface area contributed by atoms with Crippen LogP contribution in [0.5, 0.6) is 0 Å². The van der Waals surface area contributed by atoms with Crippen molar-refractivity contribution in [3.8, 4) is 0 Å². The Morgan fingerprint density at radius 3 is 2.46 bits per heavy atom. The summed E-state index contributed by atoms with van der Waals surface area (Å²) in [7, 11) is 0. The van der Waals surface area contributed by atoms with Gasteiger partial charge in [0, 0.05) is 49.9 Å². The monoisotopic (exact) mass is 406 g/mol. The van der Waals surface area contributed by atoms with Crippen LogP contribution < -0.4 is 5.32 Å². The Hall–Kier alpha value is -0.630. The number of nitrogens with one attached hydrogen (secondary N) is 1. The van der Waals surface area contributed by atoms with Gasteiger partial charge in [0.1, 0.15) is 0 Å². The first-order valence-corrected chi connectivity index (χ1v) is 9.15. The maximum atomic E-state index is 13.2. The van der Waals surface area contributed by atoms with Gasteiger partial charge in [0.2, 0.25) is 0 Å². The summed E-state index contributed by atoms with van der Waals surface area (Å²) in [5.74, 6) is 0.316. The van der Waals surface area contributed by atoms with Gasteiger partial charge in [-0.15, -0.1) is 0 Å². The first kappa shape index (κ1) is 18.2. The van der Waals surface area contributed by atoms with E-state index in [0.717, 1.165) is 55.1 Å². The quantitative estimate of drug-likeness (QED) is 0.824. The predicted octanol–water partition coefficient (Wildman–Crippen LogP) is 3.84. The van der Waals surface area contributed by atoms with Gasteiger partial charge < -0.3 is 10.1 Å². The molecule has 0 radical (unpaired) electrons. The second kappa shape index (κ2) is 7.72. The number of rotatable bonds is 3. The van der Waals surface area contributed by atoms with Crippen molar-refractivity contribution in [2.24, 2.45) is 5.92 Å². The summed E-state index contributed by atoms with van der Waals surface area (Å²) in [6, 6.07) is 4.00. The van der Waals surface area contributed by atoms with E-state index in [1.165, 1.54) is 12.1 Å². The largest absolute Gasteiger partial charge is 0.416 e. The Morgan fingerprint density at radius 2 is 1.83 bits per heavy atom. The summed E-state index contributed by atoms with van der Waals surface area (Å²) in [6.45, 7) is 4.82. The lowest BCUT2D eigenvalue weighted by Gasteiger charge is -2.41. The first-order chi connectivity index (χ1) is 11.5. The van der Waals surface area contributed by atoms with Crippen LogP contribution in [0.1, 0.15) is 30.0 Å². The summed E-state index contributed by atoms with van der Waals surface area (Å²) in [4.78, 5) is 2.33. The van der Waals surface area contributed by atoms with E-state index in [0.29, 0.717) is 19.1 Å². The van der Waals surface area contributed by atoms with Gasteiger partial charge in [0.15, 0.2) is 0 Å². The Morgan fingerprint density at radius 1 is 1.17 bits per heavy atom. The van der Waals surface area contributed by atoms with Crippen molar-refractivity contribution in [2.75, 3.05) is 39.4 Å². The lowest BCUT2D eigenvalue weighted by molar-refractivity contribution is -0.137. The van der Waals surface area contributed by atoms with Crippen LogP contribution >= 0.6 is 15.9 Å². The van der Waals surface area contributed by atoms with E-state index in [2.05, 4.69) is 26.1 Å². The van der Waals surface area contributed by atoms with E-state index in [9.17, 15) is 13.2 Å². The molecule has 0 bridgehead atoms. The highest BCUT2D eigenvalue weighted by atomic mass is 79.9. The average molecular weight is 407 g/mol. The highest BCUT2D eigenvalue weighted by Crippen LogP contribution is 2.41. The molecule has 2 heterocycles. The first-order valence-electron chi connectivity index (χ1n) is 8.36. The van der Waals surface area contributed by atoms with E-state index < -0.39 is 11.7 Å². The minimum Gasteiger partial charge on any atom is -0.381 e. The lowest BCUT2D eigenvalue weighted by Crippen LogP contribution is -2.47. The average Bonchev–Trinajstić information content (AvgIpc) is 2.58. The molecule has 0 aromatic heterocycles. The minimum atomic E-state index is -4.32. The molecule has 1 atom stereocenters. The van der Waals surface area contributed by atoms with E-state index in [1.807, 2.05) is 0 Å². The molecule has 0 unspecified atom stereocenters. The van der Waals surface area contributed by atoms with Crippen LogP contribution in [0.15, 0.2) is 22.7 Å². The zero-order valence-corrected chi connectivity index (χ0v) is 15.0. The number of ether oxygens (including phenoxy) is 1. The van der Waals surface area contributed by atoms with E-state index in [-0.39, 0.29) is 6.04 Å². The van der Waals surface area contributed by atoms with Gasteiger partial charge in [-0.2, -0.15) is 13.2 Å². The van der Waals surface area contributed by atoms with Gasteiger partial charge in [-0.25, -0.2) is 0 Å². The van der Waals surface area contributed by atoms with Crippen molar-refractivity contribution in [1.82, 2.24) is 10.2 Å². The van der Waals surface area contributed by atoms with Crippen LogP contribution in [0.2, 0.25) is 0 Å². The van der Waals surface area contributed by atoms with Gasteiger partial charge in [-0.3, -0.25) is 4.90 Å². The molecule has 2 fully saturated rings. The van der Waals surface area contributed by atoms with Gasteiger partial charge in [0.05, 0.1) is 5.56 Å². The SMILES string of the molecule is FC(F)(F)c1ccc(Br)c([C@H](C2CCOCC2)N2CCNCC2)c1. The molecule has 7 heteroatoms. The molecular weight excluding hydrogens is 385 g/mol. The topological polar surface area (TPSA) is 24.5 Å². The van der Waals surface area contributed by atoms with Crippen molar-refractivity contribution in [2.45, 2.75) is 25.1 Å². The molecule has 2 aliphatic heterocycles. The van der Waals surface area contributed by atoms with Crippen LogP contribution in [-0.2, 0) is 10.9 Å². The van der Waals surface area contributed by atoms with E-state index in [1.54, 1.807) is 0 Å². The number of halogens is 4. The Labute approximate surface area is 148 Å². The van der Waals surface area contributed by atoms with Crippen molar-refractivity contribution in [3.63, 3.8) is 0 Å². The molecule has 3 rings (SSSR count). The Kier molecular flexibility index (Phi) is 5.85. The highest BCUT2D eigenvalue weighted by molar-refractivity contribution is 9.10. The van der Waals surface area contributed by atoms with Crippen molar-refractivity contribution < 1.29 is 17.9 Å². The maximum Gasteiger partial charge on any atom is 0.416 e. The van der Waals surface area contributed by atoms with Crippen LogP contribution in [0.3, 0.4) is 0 Å². The third-order valence-corrected chi connectivity index (χ3v) is 5.62. The van der Waals surface area contributed by atoms with Gasteiger partial charge in [-0.1, -0.05) is 15.9 Å². The summed E-state index contributed by atoms with van der Waals surface area (Å²) in [5, 5.41) is 3.32. The lowest BCUT2D eigenvalue weighted by atomic mass is 9.85. The zero-order chi connectivity index (χ0) is 17.2. The summed E-state index contributed by atoms with van der Waals surface area (Å²) in [5.41, 5.74) is 0.173. The smallest absolute Gasteiger partial charge is 0.381 e. The number of nitrogens with zero attached hydrogens (tertiary/aromatic N) is 1. The summed E-state index contributed by atoms with van der Waals surface area (Å²) in [6.07, 6.45) is -2.55. The maximum absolute atomic E-state index is 13.2. The molecule has 3 nitrogen and oxygen atoms in total. The number of piperazine rings is 1. The second-order valence-electron chi connectivity index (χ2n) is 6.41. The number of hydrogen-bond acceptors (Lipinski definition) is 3. The van der Waals surface area contributed by atoms with Crippen LogP contribution in [-0.4, -0.2) is 44.3 Å².